The molecule has 4 heteroatoms. The molecule has 154 valence electrons. The minimum Gasteiger partial charge on any atom is -0.349 e. The van der Waals surface area contributed by atoms with Gasteiger partial charge in [-0.25, -0.2) is 0 Å². The summed E-state index contributed by atoms with van der Waals surface area (Å²) in [5.74, 6) is -1.01. The minimum absolute atomic E-state index is 0.00807. The van der Waals surface area contributed by atoms with E-state index in [2.05, 4.69) is 55.4 Å². The molecule has 0 unspecified atom stereocenters. The Balaban J connectivity index is 2.08. The van der Waals surface area contributed by atoms with Crippen LogP contribution in [0.4, 0.5) is 0 Å². The average Bonchev–Trinajstić information content (AvgIpc) is 2.63. The van der Waals surface area contributed by atoms with Gasteiger partial charge >= 0.3 is 0 Å². The van der Waals surface area contributed by atoms with Gasteiger partial charge in [-0.05, 0) is 25.7 Å². The molecule has 2 aliphatic heterocycles. The van der Waals surface area contributed by atoms with Gasteiger partial charge in [0.2, 0.25) is 0 Å². The summed E-state index contributed by atoms with van der Waals surface area (Å²) in [5, 5.41) is 0. The maximum atomic E-state index is 6.46. The highest BCUT2D eigenvalue weighted by molar-refractivity contribution is 4.97. The molecule has 0 saturated carbocycles. The Hall–Kier alpha value is -0.160. The lowest BCUT2D eigenvalue weighted by molar-refractivity contribution is -0.404. The molecule has 0 aromatic rings. The van der Waals surface area contributed by atoms with E-state index in [1.165, 1.54) is 0 Å². The molecule has 0 amide bonds. The van der Waals surface area contributed by atoms with E-state index in [-0.39, 0.29) is 16.2 Å². The zero-order valence-corrected chi connectivity index (χ0v) is 18.5. The molecule has 0 aromatic carbocycles. The molecule has 0 bridgehead atoms. The van der Waals surface area contributed by atoms with E-state index in [9.17, 15) is 0 Å². The van der Waals surface area contributed by atoms with Crippen molar-refractivity contribution in [2.75, 3.05) is 26.4 Å². The molecule has 2 saturated heterocycles. The second kappa shape index (κ2) is 7.69. The van der Waals surface area contributed by atoms with Gasteiger partial charge in [0.15, 0.2) is 11.6 Å². The van der Waals surface area contributed by atoms with E-state index in [1.807, 2.05) is 0 Å². The van der Waals surface area contributed by atoms with Crippen LogP contribution in [-0.4, -0.2) is 38.0 Å². The lowest BCUT2D eigenvalue weighted by atomic mass is 9.75. The van der Waals surface area contributed by atoms with Crippen LogP contribution in [0.5, 0.6) is 0 Å². The highest BCUT2D eigenvalue weighted by Gasteiger charge is 2.56. The SMILES string of the molecule is CCCC(C)(C)C1(CC)OCC2(COC(CC)(C(C)(C)CC)OC2)CO1. The summed E-state index contributed by atoms with van der Waals surface area (Å²) < 4.78 is 25.7. The summed E-state index contributed by atoms with van der Waals surface area (Å²) in [6.07, 6.45) is 4.95. The number of hydrogen-bond acceptors (Lipinski definition) is 4. The van der Waals surface area contributed by atoms with Gasteiger partial charge in [-0.15, -0.1) is 0 Å². The topological polar surface area (TPSA) is 36.9 Å². The van der Waals surface area contributed by atoms with Crippen molar-refractivity contribution in [1.29, 1.82) is 0 Å². The van der Waals surface area contributed by atoms with Crippen molar-refractivity contribution in [2.45, 2.75) is 99.1 Å². The molecule has 0 N–H and O–H groups in total. The van der Waals surface area contributed by atoms with Gasteiger partial charge in [0.25, 0.3) is 0 Å². The van der Waals surface area contributed by atoms with Crippen molar-refractivity contribution >= 4 is 0 Å². The van der Waals surface area contributed by atoms with Gasteiger partial charge < -0.3 is 18.9 Å². The van der Waals surface area contributed by atoms with Gasteiger partial charge in [0.05, 0.1) is 31.8 Å². The van der Waals surface area contributed by atoms with Crippen LogP contribution in [0.1, 0.15) is 87.5 Å². The summed E-state index contributed by atoms with van der Waals surface area (Å²) in [6, 6.07) is 0. The normalized spacial score (nSPS) is 36.5. The Kier molecular flexibility index (Phi) is 6.55. The zero-order chi connectivity index (χ0) is 19.7. The van der Waals surface area contributed by atoms with Gasteiger partial charge in [-0.2, -0.15) is 0 Å². The molecule has 2 aliphatic rings. The molecular formula is C22H42O4. The second-order valence-electron chi connectivity index (χ2n) is 9.74. The van der Waals surface area contributed by atoms with Crippen LogP contribution in [0.2, 0.25) is 0 Å². The van der Waals surface area contributed by atoms with Crippen LogP contribution >= 0.6 is 0 Å². The Morgan fingerprint density at radius 1 is 0.654 bits per heavy atom. The molecule has 1 spiro atoms. The van der Waals surface area contributed by atoms with E-state index < -0.39 is 11.6 Å². The maximum absolute atomic E-state index is 6.46. The van der Waals surface area contributed by atoms with Crippen molar-refractivity contribution in [3.8, 4) is 0 Å². The number of ether oxygens (including phenoxy) is 4. The van der Waals surface area contributed by atoms with Crippen LogP contribution < -0.4 is 0 Å². The van der Waals surface area contributed by atoms with Gasteiger partial charge in [0, 0.05) is 10.8 Å². The van der Waals surface area contributed by atoms with Gasteiger partial charge in [0.1, 0.15) is 0 Å². The number of rotatable bonds is 7. The first kappa shape index (κ1) is 22.1. The Morgan fingerprint density at radius 2 is 1.04 bits per heavy atom. The average molecular weight is 371 g/mol. The molecule has 26 heavy (non-hydrogen) atoms. The van der Waals surface area contributed by atoms with Crippen LogP contribution in [0.15, 0.2) is 0 Å². The fourth-order valence-corrected chi connectivity index (χ4v) is 4.64. The van der Waals surface area contributed by atoms with Crippen molar-refractivity contribution in [3.63, 3.8) is 0 Å². The van der Waals surface area contributed by atoms with Crippen LogP contribution in [0, 0.1) is 16.2 Å². The molecule has 2 heterocycles. The van der Waals surface area contributed by atoms with Crippen molar-refractivity contribution < 1.29 is 18.9 Å². The molecule has 0 aliphatic carbocycles. The quantitative estimate of drug-likeness (QED) is 0.589. The summed E-state index contributed by atoms with van der Waals surface area (Å²) in [6.45, 7) is 20.3. The molecule has 0 atom stereocenters. The third-order valence-corrected chi connectivity index (χ3v) is 7.20. The van der Waals surface area contributed by atoms with E-state index in [4.69, 9.17) is 18.9 Å². The smallest absolute Gasteiger partial charge is 0.173 e. The van der Waals surface area contributed by atoms with E-state index in [0.29, 0.717) is 26.4 Å². The second-order valence-corrected chi connectivity index (χ2v) is 9.74. The van der Waals surface area contributed by atoms with E-state index in [0.717, 1.165) is 32.1 Å². The van der Waals surface area contributed by atoms with Crippen LogP contribution in [-0.2, 0) is 18.9 Å². The minimum atomic E-state index is -0.506. The zero-order valence-electron chi connectivity index (χ0n) is 18.5. The predicted octanol–water partition coefficient (Wildman–Crippen LogP) is 5.54. The molecule has 2 rings (SSSR count). The van der Waals surface area contributed by atoms with Gasteiger partial charge in [-0.3, -0.25) is 0 Å². The summed E-state index contributed by atoms with van der Waals surface area (Å²) in [4.78, 5) is 0. The van der Waals surface area contributed by atoms with Crippen LogP contribution in [0.25, 0.3) is 0 Å². The highest BCUT2D eigenvalue weighted by atomic mass is 16.7. The van der Waals surface area contributed by atoms with Crippen molar-refractivity contribution in [3.05, 3.63) is 0 Å². The number of hydrogen-bond donors (Lipinski definition) is 0. The summed E-state index contributed by atoms with van der Waals surface area (Å²) >= 11 is 0. The predicted molar refractivity (Wildman–Crippen MR) is 105 cm³/mol. The fourth-order valence-electron chi connectivity index (χ4n) is 4.64. The molecular weight excluding hydrogens is 328 g/mol. The van der Waals surface area contributed by atoms with Gasteiger partial charge in [-0.1, -0.05) is 61.8 Å². The Morgan fingerprint density at radius 3 is 1.35 bits per heavy atom. The summed E-state index contributed by atoms with van der Waals surface area (Å²) in [5.41, 5.74) is -0.217. The van der Waals surface area contributed by atoms with Crippen molar-refractivity contribution in [1.82, 2.24) is 0 Å². The van der Waals surface area contributed by atoms with E-state index in [1.54, 1.807) is 0 Å². The highest BCUT2D eigenvalue weighted by Crippen LogP contribution is 2.50. The monoisotopic (exact) mass is 370 g/mol. The third kappa shape index (κ3) is 3.59. The summed E-state index contributed by atoms with van der Waals surface area (Å²) in [7, 11) is 0. The Labute approximate surface area is 161 Å². The Bertz CT molecular complexity index is 451. The third-order valence-electron chi connectivity index (χ3n) is 7.20. The fraction of sp³-hybridized carbons (Fsp3) is 1.00. The largest absolute Gasteiger partial charge is 0.349 e. The van der Waals surface area contributed by atoms with Crippen LogP contribution in [0.3, 0.4) is 0 Å². The first-order valence-corrected chi connectivity index (χ1v) is 10.6. The first-order chi connectivity index (χ1) is 12.1. The molecule has 0 aromatic heterocycles. The lowest BCUT2D eigenvalue weighted by Gasteiger charge is -2.57. The van der Waals surface area contributed by atoms with Crippen molar-refractivity contribution in [2.24, 2.45) is 16.2 Å². The maximum Gasteiger partial charge on any atom is 0.173 e. The molecule has 2 fully saturated rings. The lowest BCUT2D eigenvalue weighted by Crippen LogP contribution is -2.64. The first-order valence-electron chi connectivity index (χ1n) is 10.6. The molecule has 4 nitrogen and oxygen atoms in total. The van der Waals surface area contributed by atoms with E-state index >= 15 is 0 Å². The standard InChI is InChI=1S/C22H42O4/c1-9-13-19(7,8)22(12-4)25-16-20(17-26-22)14-23-21(11-3,24-15-20)18(5,6)10-2/h9-17H2,1-8H3. The molecule has 0 radical (unpaired) electrons.